The number of nitrogen functional groups attached to an aromatic ring is 1. The summed E-state index contributed by atoms with van der Waals surface area (Å²) >= 11 is 0. The van der Waals surface area contributed by atoms with Crippen LogP contribution in [-0.4, -0.2) is 18.2 Å². The molecule has 5 nitrogen and oxygen atoms in total. The maximum Gasteiger partial charge on any atom is 0.337 e. The van der Waals surface area contributed by atoms with Crippen LogP contribution in [0.25, 0.3) is 0 Å². The summed E-state index contributed by atoms with van der Waals surface area (Å²) < 4.78 is 24.2. The molecule has 0 aliphatic heterocycles. The molecule has 0 bridgehead atoms. The average Bonchev–Trinajstić information content (AvgIpc) is 2.42. The summed E-state index contributed by atoms with van der Waals surface area (Å²) in [6, 6.07) is 8.59. The number of carboxylic acid groups (broad SMARTS) is 1. The molecule has 0 fully saturated rings. The molecule has 104 valence electrons. The number of carbonyl (C=O) groups is 1. The summed E-state index contributed by atoms with van der Waals surface area (Å²) in [5.41, 5.74) is 5.05. The Morgan fingerprint density at radius 1 is 1.20 bits per heavy atom. The standard InChI is InChI=1S/C14H12FNO4/c1-19-11-4-2-3-5-12(11)20-13-6-8(14(17)18)10(16)7-9(13)15/h2-7H,16H2,1H3,(H,17,18). The molecule has 0 aliphatic carbocycles. The van der Waals surface area contributed by atoms with Crippen LogP contribution in [0.4, 0.5) is 10.1 Å². The van der Waals surface area contributed by atoms with Gasteiger partial charge in [0.15, 0.2) is 23.1 Å². The van der Waals surface area contributed by atoms with Crippen LogP contribution in [0.1, 0.15) is 10.4 Å². The number of hydrogen-bond donors (Lipinski definition) is 2. The van der Waals surface area contributed by atoms with Crippen molar-refractivity contribution in [1.29, 1.82) is 0 Å². The van der Waals surface area contributed by atoms with E-state index in [0.717, 1.165) is 12.1 Å². The van der Waals surface area contributed by atoms with Crippen molar-refractivity contribution in [1.82, 2.24) is 0 Å². The summed E-state index contributed by atoms with van der Waals surface area (Å²) in [4.78, 5) is 11.0. The first-order valence-corrected chi connectivity index (χ1v) is 5.66. The minimum absolute atomic E-state index is 0.164. The van der Waals surface area contributed by atoms with Gasteiger partial charge in [-0.1, -0.05) is 12.1 Å². The fourth-order valence-electron chi connectivity index (χ4n) is 1.65. The smallest absolute Gasteiger partial charge is 0.337 e. The summed E-state index contributed by atoms with van der Waals surface area (Å²) in [6.07, 6.45) is 0. The van der Waals surface area contributed by atoms with E-state index in [2.05, 4.69) is 0 Å². The second-order valence-electron chi connectivity index (χ2n) is 3.93. The average molecular weight is 277 g/mol. The fourth-order valence-corrected chi connectivity index (χ4v) is 1.65. The number of carboxylic acids is 1. The van der Waals surface area contributed by atoms with Crippen LogP contribution in [-0.2, 0) is 0 Å². The molecule has 0 aromatic heterocycles. The lowest BCUT2D eigenvalue weighted by Gasteiger charge is -2.12. The minimum Gasteiger partial charge on any atom is -0.493 e. The van der Waals surface area contributed by atoms with Crippen LogP contribution < -0.4 is 15.2 Å². The molecular formula is C14H12FNO4. The molecule has 0 atom stereocenters. The zero-order chi connectivity index (χ0) is 14.7. The van der Waals surface area contributed by atoms with Gasteiger partial charge in [-0.25, -0.2) is 9.18 Å². The van der Waals surface area contributed by atoms with Crippen LogP contribution in [0.5, 0.6) is 17.2 Å². The number of hydrogen-bond acceptors (Lipinski definition) is 4. The van der Waals surface area contributed by atoms with Gasteiger partial charge in [-0.3, -0.25) is 0 Å². The van der Waals surface area contributed by atoms with Crippen LogP contribution >= 0.6 is 0 Å². The number of aromatic carboxylic acids is 1. The summed E-state index contributed by atoms with van der Waals surface area (Å²) in [5.74, 6) is -1.57. The fraction of sp³-hybridized carbons (Fsp3) is 0.0714. The molecule has 0 heterocycles. The summed E-state index contributed by atoms with van der Waals surface area (Å²) in [7, 11) is 1.45. The van der Waals surface area contributed by atoms with Gasteiger partial charge in [0.2, 0.25) is 0 Å². The molecule has 0 aliphatic rings. The number of anilines is 1. The minimum atomic E-state index is -1.26. The number of para-hydroxylation sites is 2. The van der Waals surface area contributed by atoms with E-state index in [-0.39, 0.29) is 22.7 Å². The molecule has 0 amide bonds. The number of ether oxygens (including phenoxy) is 2. The van der Waals surface area contributed by atoms with Crippen molar-refractivity contribution in [2.75, 3.05) is 12.8 Å². The molecule has 2 aromatic rings. The number of nitrogens with two attached hydrogens (primary N) is 1. The van der Waals surface area contributed by atoms with Crippen molar-refractivity contribution in [3.8, 4) is 17.2 Å². The van der Waals surface area contributed by atoms with E-state index in [1.54, 1.807) is 24.3 Å². The highest BCUT2D eigenvalue weighted by Gasteiger charge is 2.16. The van der Waals surface area contributed by atoms with Crippen molar-refractivity contribution in [3.63, 3.8) is 0 Å². The zero-order valence-corrected chi connectivity index (χ0v) is 10.6. The highest BCUT2D eigenvalue weighted by atomic mass is 19.1. The second kappa shape index (κ2) is 5.48. The lowest BCUT2D eigenvalue weighted by Crippen LogP contribution is -2.04. The Morgan fingerprint density at radius 3 is 2.45 bits per heavy atom. The van der Waals surface area contributed by atoms with Gasteiger partial charge in [0, 0.05) is 17.8 Å². The second-order valence-corrected chi connectivity index (χ2v) is 3.93. The van der Waals surface area contributed by atoms with Gasteiger partial charge >= 0.3 is 5.97 Å². The lowest BCUT2D eigenvalue weighted by molar-refractivity contribution is 0.0697. The summed E-state index contributed by atoms with van der Waals surface area (Å²) in [5, 5.41) is 8.97. The van der Waals surface area contributed by atoms with E-state index in [1.807, 2.05) is 0 Å². The normalized spacial score (nSPS) is 10.1. The highest BCUT2D eigenvalue weighted by Crippen LogP contribution is 2.33. The monoisotopic (exact) mass is 277 g/mol. The van der Waals surface area contributed by atoms with Gasteiger partial charge in [-0.2, -0.15) is 0 Å². The quantitative estimate of drug-likeness (QED) is 0.840. The molecule has 0 radical (unpaired) electrons. The van der Waals surface area contributed by atoms with E-state index < -0.39 is 11.8 Å². The molecule has 6 heteroatoms. The Balaban J connectivity index is 2.43. The van der Waals surface area contributed by atoms with Crippen molar-refractivity contribution in [2.24, 2.45) is 0 Å². The molecule has 3 N–H and O–H groups in total. The van der Waals surface area contributed by atoms with E-state index in [1.165, 1.54) is 7.11 Å². The van der Waals surface area contributed by atoms with Gasteiger partial charge in [0.05, 0.1) is 12.7 Å². The molecule has 0 spiro atoms. The molecule has 2 aromatic carbocycles. The van der Waals surface area contributed by atoms with Crippen molar-refractivity contribution < 1.29 is 23.8 Å². The predicted molar refractivity (Wildman–Crippen MR) is 70.8 cm³/mol. The first-order chi connectivity index (χ1) is 9.52. The van der Waals surface area contributed by atoms with Crippen molar-refractivity contribution in [2.45, 2.75) is 0 Å². The van der Waals surface area contributed by atoms with Gasteiger partial charge in [-0.05, 0) is 12.1 Å². The van der Waals surface area contributed by atoms with Crippen LogP contribution in [0.3, 0.4) is 0 Å². The van der Waals surface area contributed by atoms with Crippen LogP contribution in [0, 0.1) is 5.82 Å². The number of halogens is 1. The first kappa shape index (κ1) is 13.7. The topological polar surface area (TPSA) is 81.8 Å². The Hall–Kier alpha value is -2.76. The van der Waals surface area contributed by atoms with Gasteiger partial charge < -0.3 is 20.3 Å². The van der Waals surface area contributed by atoms with Crippen LogP contribution in [0.2, 0.25) is 0 Å². The number of rotatable bonds is 4. The van der Waals surface area contributed by atoms with Gasteiger partial charge in [0.25, 0.3) is 0 Å². The van der Waals surface area contributed by atoms with E-state index in [0.29, 0.717) is 5.75 Å². The van der Waals surface area contributed by atoms with E-state index in [9.17, 15) is 9.18 Å². The van der Waals surface area contributed by atoms with E-state index in [4.69, 9.17) is 20.3 Å². The maximum atomic E-state index is 13.8. The third-order valence-corrected chi connectivity index (χ3v) is 2.62. The molecule has 0 unspecified atom stereocenters. The highest BCUT2D eigenvalue weighted by molar-refractivity contribution is 5.94. The molecule has 20 heavy (non-hydrogen) atoms. The zero-order valence-electron chi connectivity index (χ0n) is 10.6. The Bertz CT molecular complexity index is 658. The Labute approximate surface area is 114 Å². The lowest BCUT2D eigenvalue weighted by atomic mass is 10.1. The van der Waals surface area contributed by atoms with Crippen LogP contribution in [0.15, 0.2) is 36.4 Å². The first-order valence-electron chi connectivity index (χ1n) is 5.66. The predicted octanol–water partition coefficient (Wildman–Crippen LogP) is 2.91. The molecule has 0 saturated heterocycles. The number of methoxy groups -OCH3 is 1. The molecular weight excluding hydrogens is 265 g/mol. The van der Waals surface area contributed by atoms with Gasteiger partial charge in [0.1, 0.15) is 0 Å². The Kier molecular flexibility index (Phi) is 3.74. The van der Waals surface area contributed by atoms with Gasteiger partial charge in [-0.15, -0.1) is 0 Å². The third-order valence-electron chi connectivity index (χ3n) is 2.62. The summed E-state index contributed by atoms with van der Waals surface area (Å²) in [6.45, 7) is 0. The third kappa shape index (κ3) is 2.64. The maximum absolute atomic E-state index is 13.8. The van der Waals surface area contributed by atoms with Crippen molar-refractivity contribution in [3.05, 3.63) is 47.8 Å². The largest absolute Gasteiger partial charge is 0.493 e. The Morgan fingerprint density at radius 2 is 1.85 bits per heavy atom. The number of benzene rings is 2. The van der Waals surface area contributed by atoms with Crippen molar-refractivity contribution >= 4 is 11.7 Å². The van der Waals surface area contributed by atoms with E-state index >= 15 is 0 Å². The SMILES string of the molecule is COc1ccccc1Oc1cc(C(=O)O)c(N)cc1F. The molecule has 2 rings (SSSR count). The molecule has 0 saturated carbocycles.